The summed E-state index contributed by atoms with van der Waals surface area (Å²) in [4.78, 5) is 18.3. The van der Waals surface area contributed by atoms with Gasteiger partial charge in [-0.05, 0) is 23.9 Å². The van der Waals surface area contributed by atoms with E-state index in [2.05, 4.69) is 58.9 Å². The molecule has 3 rings (SSSR count). The topological polar surface area (TPSA) is 35.6 Å². The van der Waals surface area contributed by atoms with E-state index in [-0.39, 0.29) is 18.3 Å². The van der Waals surface area contributed by atoms with E-state index in [1.54, 1.807) is 11.3 Å². The normalized spacial score (nSPS) is 15.5. The number of hydrogen-bond acceptors (Lipinski definition) is 4. The molecule has 0 saturated carbocycles. The lowest BCUT2D eigenvalue weighted by Gasteiger charge is -2.31. The molecule has 4 nitrogen and oxygen atoms in total. The molecule has 26 heavy (non-hydrogen) atoms. The maximum Gasteiger partial charge on any atom is 0.223 e. The number of carbonyl (C=O) groups excluding carboxylic acids is 1. The third-order valence-electron chi connectivity index (χ3n) is 4.81. The zero-order chi connectivity index (χ0) is 17.5. The van der Waals surface area contributed by atoms with Gasteiger partial charge in [0, 0.05) is 56.6 Å². The van der Waals surface area contributed by atoms with E-state index in [0.29, 0.717) is 12.5 Å². The van der Waals surface area contributed by atoms with Crippen LogP contribution in [0.15, 0.2) is 47.8 Å². The van der Waals surface area contributed by atoms with E-state index in [9.17, 15) is 4.79 Å². The molecule has 1 saturated heterocycles. The number of rotatable bonds is 7. The second-order valence-corrected chi connectivity index (χ2v) is 7.51. The lowest BCUT2D eigenvalue weighted by atomic mass is 10.1. The highest BCUT2D eigenvalue weighted by atomic mass is 35.5. The summed E-state index contributed by atoms with van der Waals surface area (Å²) in [5.74, 6) is 0.276. The summed E-state index contributed by atoms with van der Waals surface area (Å²) < 4.78 is 0. The molecular weight excluding hydrogens is 366 g/mol. The van der Waals surface area contributed by atoms with Gasteiger partial charge in [-0.15, -0.1) is 23.7 Å². The van der Waals surface area contributed by atoms with Crippen molar-refractivity contribution in [3.8, 4) is 0 Å². The van der Waals surface area contributed by atoms with Crippen molar-refractivity contribution in [2.75, 3.05) is 32.7 Å². The van der Waals surface area contributed by atoms with Crippen molar-refractivity contribution >= 4 is 29.7 Å². The number of carbonyl (C=O) groups is 1. The molecule has 1 amide bonds. The minimum Gasteiger partial charge on any atom is -0.340 e. The van der Waals surface area contributed by atoms with E-state index in [4.69, 9.17) is 0 Å². The monoisotopic (exact) mass is 393 g/mol. The summed E-state index contributed by atoms with van der Waals surface area (Å²) in [5, 5.41) is 5.42. The fraction of sp³-hybridized carbons (Fsp3) is 0.450. The Morgan fingerprint density at radius 2 is 1.92 bits per heavy atom. The summed E-state index contributed by atoms with van der Waals surface area (Å²) in [6.07, 6.45) is 0.586. The predicted octanol–water partition coefficient (Wildman–Crippen LogP) is 3.56. The Morgan fingerprint density at radius 1 is 1.19 bits per heavy atom. The Kier molecular flexibility index (Phi) is 8.59. The molecule has 1 aromatic carbocycles. The molecule has 1 atom stereocenters. The average molecular weight is 394 g/mol. The van der Waals surface area contributed by atoms with Gasteiger partial charge in [0.15, 0.2) is 0 Å². The first-order valence-corrected chi connectivity index (χ1v) is 9.92. The highest BCUT2D eigenvalue weighted by molar-refractivity contribution is 7.10. The van der Waals surface area contributed by atoms with Crippen LogP contribution in [0.1, 0.15) is 29.8 Å². The molecule has 1 unspecified atom stereocenters. The van der Waals surface area contributed by atoms with Crippen molar-refractivity contribution in [3.05, 3.63) is 58.3 Å². The van der Waals surface area contributed by atoms with Crippen LogP contribution in [0.3, 0.4) is 0 Å². The SMILES string of the molecule is CC(c1cccs1)N(CCC(=O)N1CCNCC1)Cc1ccccc1.Cl. The maximum absolute atomic E-state index is 12.5. The number of halogens is 1. The zero-order valence-electron chi connectivity index (χ0n) is 15.3. The van der Waals surface area contributed by atoms with Gasteiger partial charge in [0.25, 0.3) is 0 Å². The summed E-state index contributed by atoms with van der Waals surface area (Å²) in [7, 11) is 0. The van der Waals surface area contributed by atoms with Crippen molar-refractivity contribution in [3.63, 3.8) is 0 Å². The lowest BCUT2D eigenvalue weighted by molar-refractivity contribution is -0.132. The maximum atomic E-state index is 12.5. The van der Waals surface area contributed by atoms with Crippen LogP contribution in [0.2, 0.25) is 0 Å². The number of benzene rings is 1. The molecule has 0 spiro atoms. The number of nitrogens with one attached hydrogen (secondary N) is 1. The van der Waals surface area contributed by atoms with Gasteiger partial charge >= 0.3 is 0 Å². The minimum absolute atomic E-state index is 0. The molecule has 1 aliphatic heterocycles. The first-order valence-electron chi connectivity index (χ1n) is 9.04. The number of hydrogen-bond donors (Lipinski definition) is 1. The average Bonchev–Trinajstić information content (AvgIpc) is 3.20. The standard InChI is InChI=1S/C20H27N3OS.ClH/c1-17(19-8-5-15-25-19)23(16-18-6-3-2-4-7-18)12-9-20(24)22-13-10-21-11-14-22;/h2-8,15,17,21H,9-14,16H2,1H3;1H. The molecule has 0 bridgehead atoms. The fourth-order valence-corrected chi connectivity index (χ4v) is 4.07. The van der Waals surface area contributed by atoms with Crippen LogP contribution >= 0.6 is 23.7 Å². The number of thiophene rings is 1. The third kappa shape index (κ3) is 5.81. The van der Waals surface area contributed by atoms with Crippen LogP contribution in [-0.2, 0) is 11.3 Å². The summed E-state index contributed by atoms with van der Waals surface area (Å²) in [6, 6.07) is 15.1. The molecule has 1 fully saturated rings. The van der Waals surface area contributed by atoms with Crippen LogP contribution in [-0.4, -0.2) is 48.4 Å². The van der Waals surface area contributed by atoms with Crippen LogP contribution in [0, 0.1) is 0 Å². The van der Waals surface area contributed by atoms with Gasteiger partial charge in [0.1, 0.15) is 0 Å². The van der Waals surface area contributed by atoms with Crippen molar-refractivity contribution in [1.29, 1.82) is 0 Å². The van der Waals surface area contributed by atoms with Crippen LogP contribution in [0.5, 0.6) is 0 Å². The Labute approximate surface area is 166 Å². The summed E-state index contributed by atoms with van der Waals surface area (Å²) in [5.41, 5.74) is 1.29. The summed E-state index contributed by atoms with van der Waals surface area (Å²) >= 11 is 1.79. The van der Waals surface area contributed by atoms with Gasteiger partial charge in [-0.1, -0.05) is 36.4 Å². The first-order chi connectivity index (χ1) is 12.2. The van der Waals surface area contributed by atoms with E-state index in [1.165, 1.54) is 10.4 Å². The molecule has 6 heteroatoms. The summed E-state index contributed by atoms with van der Waals surface area (Å²) in [6.45, 7) is 7.38. The molecule has 1 aliphatic rings. The molecule has 1 aromatic heterocycles. The predicted molar refractivity (Wildman–Crippen MR) is 111 cm³/mol. The Bertz CT molecular complexity index is 644. The third-order valence-corrected chi connectivity index (χ3v) is 5.86. The Balaban J connectivity index is 0.00000243. The smallest absolute Gasteiger partial charge is 0.223 e. The van der Waals surface area contributed by atoms with Crippen LogP contribution in [0.25, 0.3) is 0 Å². The van der Waals surface area contributed by atoms with Gasteiger partial charge in [0.05, 0.1) is 0 Å². The van der Waals surface area contributed by atoms with Crippen molar-refractivity contribution in [1.82, 2.24) is 15.1 Å². The highest BCUT2D eigenvalue weighted by Gasteiger charge is 2.21. The lowest BCUT2D eigenvalue weighted by Crippen LogP contribution is -2.47. The van der Waals surface area contributed by atoms with Gasteiger partial charge in [0.2, 0.25) is 5.91 Å². The molecule has 0 aliphatic carbocycles. The van der Waals surface area contributed by atoms with E-state index in [1.807, 2.05) is 11.0 Å². The quantitative estimate of drug-likeness (QED) is 0.781. The number of nitrogens with zero attached hydrogens (tertiary/aromatic N) is 2. The van der Waals surface area contributed by atoms with E-state index >= 15 is 0 Å². The first kappa shape index (κ1) is 20.9. The van der Waals surface area contributed by atoms with Crippen molar-refractivity contribution < 1.29 is 4.79 Å². The fourth-order valence-electron chi connectivity index (χ4n) is 3.25. The van der Waals surface area contributed by atoms with E-state index < -0.39 is 0 Å². The van der Waals surface area contributed by atoms with Gasteiger partial charge in [-0.2, -0.15) is 0 Å². The highest BCUT2D eigenvalue weighted by Crippen LogP contribution is 2.26. The van der Waals surface area contributed by atoms with Gasteiger partial charge in [-0.3, -0.25) is 9.69 Å². The second kappa shape index (κ2) is 10.7. The number of piperazine rings is 1. The van der Waals surface area contributed by atoms with Gasteiger partial charge < -0.3 is 10.2 Å². The molecule has 2 aromatic rings. The number of amides is 1. The van der Waals surface area contributed by atoms with Crippen LogP contribution < -0.4 is 5.32 Å². The molecular formula is C20H28ClN3OS. The van der Waals surface area contributed by atoms with Crippen LogP contribution in [0.4, 0.5) is 0 Å². The van der Waals surface area contributed by atoms with Crippen molar-refractivity contribution in [2.24, 2.45) is 0 Å². The Morgan fingerprint density at radius 3 is 2.58 bits per heavy atom. The second-order valence-electron chi connectivity index (χ2n) is 6.53. The minimum atomic E-state index is 0. The molecule has 1 N–H and O–H groups in total. The molecule has 0 radical (unpaired) electrons. The van der Waals surface area contributed by atoms with Gasteiger partial charge in [-0.25, -0.2) is 0 Å². The zero-order valence-corrected chi connectivity index (χ0v) is 16.9. The van der Waals surface area contributed by atoms with Crippen molar-refractivity contribution in [2.45, 2.75) is 25.9 Å². The molecule has 2 heterocycles. The van der Waals surface area contributed by atoms with E-state index in [0.717, 1.165) is 39.3 Å². The molecule has 142 valence electrons. The largest absolute Gasteiger partial charge is 0.340 e. The Hall–Kier alpha value is -1.40.